The van der Waals surface area contributed by atoms with Crippen molar-refractivity contribution in [1.82, 2.24) is 14.6 Å². The first-order valence-corrected chi connectivity index (χ1v) is 5.16. The monoisotopic (exact) mass is 216 g/mol. The van der Waals surface area contributed by atoms with Crippen molar-refractivity contribution in [3.05, 3.63) is 29.7 Å². The number of nitriles is 1. The largest absolute Gasteiger partial charge is 0.381 e. The molecule has 0 amide bonds. The molecule has 0 saturated carbocycles. The van der Waals surface area contributed by atoms with Crippen molar-refractivity contribution >= 4 is 5.65 Å². The number of pyridine rings is 1. The average molecular weight is 216 g/mol. The molecule has 0 aliphatic rings. The summed E-state index contributed by atoms with van der Waals surface area (Å²) in [6.07, 6.45) is 2.54. The molecule has 16 heavy (non-hydrogen) atoms. The smallest absolute Gasteiger partial charge is 0.162 e. The number of aromatic nitrogens is 3. The number of ether oxygens (including phenoxy) is 1. The van der Waals surface area contributed by atoms with E-state index in [1.807, 2.05) is 17.5 Å². The highest BCUT2D eigenvalue weighted by molar-refractivity contribution is 5.45. The SMILES string of the molecule is CCOCCc1nnc2cc(C#N)ccn12. The van der Waals surface area contributed by atoms with Crippen LogP contribution in [-0.4, -0.2) is 27.8 Å². The van der Waals surface area contributed by atoms with Gasteiger partial charge in [-0.15, -0.1) is 10.2 Å². The fourth-order valence-corrected chi connectivity index (χ4v) is 1.49. The molecular formula is C11H12N4O. The van der Waals surface area contributed by atoms with Crippen LogP contribution in [0.1, 0.15) is 18.3 Å². The molecule has 0 atom stereocenters. The van der Waals surface area contributed by atoms with Gasteiger partial charge in [-0.2, -0.15) is 5.26 Å². The number of fused-ring (bicyclic) bond motifs is 1. The van der Waals surface area contributed by atoms with Gasteiger partial charge >= 0.3 is 0 Å². The van der Waals surface area contributed by atoms with Crippen LogP contribution < -0.4 is 0 Å². The van der Waals surface area contributed by atoms with Gasteiger partial charge in [0.15, 0.2) is 5.65 Å². The van der Waals surface area contributed by atoms with Crippen LogP contribution in [0.15, 0.2) is 18.3 Å². The zero-order valence-corrected chi connectivity index (χ0v) is 9.05. The Labute approximate surface area is 93.3 Å². The van der Waals surface area contributed by atoms with Crippen molar-refractivity contribution in [3.63, 3.8) is 0 Å². The summed E-state index contributed by atoms with van der Waals surface area (Å²) in [5, 5.41) is 16.8. The first kappa shape index (κ1) is 10.6. The van der Waals surface area contributed by atoms with E-state index in [0.717, 1.165) is 12.2 Å². The van der Waals surface area contributed by atoms with Gasteiger partial charge in [-0.3, -0.25) is 4.40 Å². The molecule has 0 bridgehead atoms. The van der Waals surface area contributed by atoms with Crippen molar-refractivity contribution in [1.29, 1.82) is 5.26 Å². The Morgan fingerprint density at radius 1 is 1.50 bits per heavy atom. The standard InChI is InChI=1S/C11H12N4O/c1-2-16-6-4-10-13-14-11-7-9(8-12)3-5-15(10)11/h3,5,7H,2,4,6H2,1H3. The molecular weight excluding hydrogens is 204 g/mol. The predicted molar refractivity (Wildman–Crippen MR) is 57.9 cm³/mol. The zero-order valence-electron chi connectivity index (χ0n) is 9.05. The van der Waals surface area contributed by atoms with Crippen LogP contribution in [0.4, 0.5) is 0 Å². The lowest BCUT2D eigenvalue weighted by molar-refractivity contribution is 0.149. The average Bonchev–Trinajstić information content (AvgIpc) is 2.72. The Balaban J connectivity index is 2.25. The molecule has 0 aliphatic heterocycles. The summed E-state index contributed by atoms with van der Waals surface area (Å²) in [6, 6.07) is 5.54. The van der Waals surface area contributed by atoms with E-state index in [1.165, 1.54) is 0 Å². The number of nitrogens with zero attached hydrogens (tertiary/aromatic N) is 4. The summed E-state index contributed by atoms with van der Waals surface area (Å²) >= 11 is 0. The summed E-state index contributed by atoms with van der Waals surface area (Å²) in [5.41, 5.74) is 1.29. The van der Waals surface area contributed by atoms with Crippen LogP contribution in [0.5, 0.6) is 0 Å². The predicted octanol–water partition coefficient (Wildman–Crippen LogP) is 1.18. The number of hydrogen-bond donors (Lipinski definition) is 0. The summed E-state index contributed by atoms with van der Waals surface area (Å²) in [4.78, 5) is 0. The molecule has 0 spiro atoms. The molecule has 5 heteroatoms. The molecule has 0 saturated heterocycles. The fourth-order valence-electron chi connectivity index (χ4n) is 1.49. The summed E-state index contributed by atoms with van der Waals surface area (Å²) < 4.78 is 7.14. The Morgan fingerprint density at radius 3 is 3.12 bits per heavy atom. The number of rotatable bonds is 4. The van der Waals surface area contributed by atoms with Crippen LogP contribution >= 0.6 is 0 Å². The van der Waals surface area contributed by atoms with Crippen LogP contribution in [0, 0.1) is 11.3 Å². The van der Waals surface area contributed by atoms with E-state index < -0.39 is 0 Å². The van der Waals surface area contributed by atoms with Crippen molar-refractivity contribution in [2.75, 3.05) is 13.2 Å². The molecule has 2 aromatic rings. The second kappa shape index (κ2) is 4.73. The molecule has 0 N–H and O–H groups in total. The third-order valence-electron chi connectivity index (χ3n) is 2.28. The third kappa shape index (κ3) is 2.02. The van der Waals surface area contributed by atoms with E-state index in [4.69, 9.17) is 10.00 Å². The van der Waals surface area contributed by atoms with Gasteiger partial charge in [0, 0.05) is 25.3 Å². The molecule has 0 aromatic carbocycles. The molecule has 0 fully saturated rings. The Morgan fingerprint density at radius 2 is 2.38 bits per heavy atom. The van der Waals surface area contributed by atoms with Gasteiger partial charge in [-0.05, 0) is 13.0 Å². The fraction of sp³-hybridized carbons (Fsp3) is 0.364. The third-order valence-corrected chi connectivity index (χ3v) is 2.28. The minimum Gasteiger partial charge on any atom is -0.381 e. The second-order valence-electron chi connectivity index (χ2n) is 3.32. The van der Waals surface area contributed by atoms with Gasteiger partial charge in [-0.25, -0.2) is 0 Å². The van der Waals surface area contributed by atoms with Gasteiger partial charge in [0.1, 0.15) is 5.82 Å². The van der Waals surface area contributed by atoms with Crippen LogP contribution in [-0.2, 0) is 11.2 Å². The highest BCUT2D eigenvalue weighted by Gasteiger charge is 2.05. The molecule has 0 aliphatic carbocycles. The highest BCUT2D eigenvalue weighted by Crippen LogP contribution is 2.07. The van der Waals surface area contributed by atoms with Crippen LogP contribution in [0.3, 0.4) is 0 Å². The van der Waals surface area contributed by atoms with E-state index in [1.54, 1.807) is 12.1 Å². The van der Waals surface area contributed by atoms with Gasteiger partial charge in [0.05, 0.1) is 18.2 Å². The van der Waals surface area contributed by atoms with Crippen molar-refractivity contribution in [3.8, 4) is 6.07 Å². The van der Waals surface area contributed by atoms with Crippen LogP contribution in [0.2, 0.25) is 0 Å². The minimum absolute atomic E-state index is 0.594. The maximum atomic E-state index is 8.75. The molecule has 0 radical (unpaired) electrons. The van der Waals surface area contributed by atoms with Crippen LogP contribution in [0.25, 0.3) is 5.65 Å². The highest BCUT2D eigenvalue weighted by atomic mass is 16.5. The van der Waals surface area contributed by atoms with Gasteiger partial charge in [0.2, 0.25) is 0 Å². The molecule has 0 unspecified atom stereocenters. The van der Waals surface area contributed by atoms with Crippen molar-refractivity contribution in [2.45, 2.75) is 13.3 Å². The molecule has 2 heterocycles. The van der Waals surface area contributed by atoms with E-state index >= 15 is 0 Å². The first-order valence-electron chi connectivity index (χ1n) is 5.16. The Bertz CT molecular complexity index is 526. The Hall–Kier alpha value is -1.93. The Kier molecular flexibility index (Phi) is 3.13. The first-order chi connectivity index (χ1) is 7.85. The maximum Gasteiger partial charge on any atom is 0.162 e. The van der Waals surface area contributed by atoms with Gasteiger partial charge in [0.25, 0.3) is 0 Å². The summed E-state index contributed by atoms with van der Waals surface area (Å²) in [5.74, 6) is 0.855. The van der Waals surface area contributed by atoms with Crippen molar-refractivity contribution < 1.29 is 4.74 Å². The summed E-state index contributed by atoms with van der Waals surface area (Å²) in [7, 11) is 0. The quantitative estimate of drug-likeness (QED) is 0.720. The lowest BCUT2D eigenvalue weighted by Crippen LogP contribution is -2.02. The topological polar surface area (TPSA) is 63.2 Å². The molecule has 82 valence electrons. The molecule has 2 rings (SSSR count). The van der Waals surface area contributed by atoms with Gasteiger partial charge in [-0.1, -0.05) is 0 Å². The lowest BCUT2D eigenvalue weighted by atomic mass is 10.3. The van der Waals surface area contributed by atoms with Gasteiger partial charge < -0.3 is 4.74 Å². The van der Waals surface area contributed by atoms with E-state index in [-0.39, 0.29) is 0 Å². The molecule has 5 nitrogen and oxygen atoms in total. The lowest BCUT2D eigenvalue weighted by Gasteiger charge is -2.00. The van der Waals surface area contributed by atoms with E-state index in [0.29, 0.717) is 24.4 Å². The van der Waals surface area contributed by atoms with E-state index in [9.17, 15) is 0 Å². The normalized spacial score (nSPS) is 10.5. The minimum atomic E-state index is 0.594. The second-order valence-corrected chi connectivity index (χ2v) is 3.32. The van der Waals surface area contributed by atoms with E-state index in [2.05, 4.69) is 16.3 Å². The maximum absolute atomic E-state index is 8.75. The number of hydrogen-bond acceptors (Lipinski definition) is 4. The molecule has 2 aromatic heterocycles. The summed E-state index contributed by atoms with van der Waals surface area (Å²) in [6.45, 7) is 3.30. The zero-order chi connectivity index (χ0) is 11.4. The van der Waals surface area contributed by atoms with Crippen molar-refractivity contribution in [2.24, 2.45) is 0 Å².